The zero-order valence-corrected chi connectivity index (χ0v) is 14.9. The molecular formula is C16H15Br2N3. The molecule has 0 spiro atoms. The van der Waals surface area contributed by atoms with Crippen molar-refractivity contribution >= 4 is 48.6 Å². The van der Waals surface area contributed by atoms with Gasteiger partial charge in [0, 0.05) is 26.2 Å². The number of nitrogens with two attached hydrogens (primary N) is 1. The van der Waals surface area contributed by atoms with Gasteiger partial charge in [-0.3, -0.25) is 0 Å². The smallest absolute Gasteiger partial charge is 0.142 e. The lowest BCUT2D eigenvalue weighted by atomic mass is 10.2. The standard InChI is InChI=1S/C16H15Br2N3/c1-9(2)21-15-6-3-10(17)7-14(15)20-16(21)12-8-11(19)4-5-13(12)18/h3-9H,19H2,1-2H3. The first kappa shape index (κ1) is 14.6. The first-order chi connectivity index (χ1) is 9.97. The number of nitrogens with zero attached hydrogens (tertiary/aromatic N) is 2. The summed E-state index contributed by atoms with van der Waals surface area (Å²) in [6.45, 7) is 4.32. The predicted molar refractivity (Wildman–Crippen MR) is 95.4 cm³/mol. The van der Waals surface area contributed by atoms with E-state index < -0.39 is 0 Å². The third kappa shape index (κ3) is 2.60. The molecule has 108 valence electrons. The summed E-state index contributed by atoms with van der Waals surface area (Å²) in [4.78, 5) is 4.81. The van der Waals surface area contributed by atoms with Gasteiger partial charge >= 0.3 is 0 Å². The fraction of sp³-hybridized carbons (Fsp3) is 0.188. The molecule has 3 aromatic rings. The Labute approximate surface area is 140 Å². The normalized spacial score (nSPS) is 11.5. The van der Waals surface area contributed by atoms with Gasteiger partial charge in [0.1, 0.15) is 5.82 Å². The van der Waals surface area contributed by atoms with Crippen LogP contribution in [0.15, 0.2) is 45.3 Å². The molecule has 0 amide bonds. The molecule has 21 heavy (non-hydrogen) atoms. The Morgan fingerprint density at radius 2 is 1.86 bits per heavy atom. The average molecular weight is 409 g/mol. The van der Waals surface area contributed by atoms with Gasteiger partial charge in [-0.25, -0.2) is 4.98 Å². The molecule has 0 radical (unpaired) electrons. The maximum absolute atomic E-state index is 5.94. The van der Waals surface area contributed by atoms with Crippen LogP contribution < -0.4 is 5.73 Å². The van der Waals surface area contributed by atoms with Crippen molar-refractivity contribution in [2.75, 3.05) is 5.73 Å². The monoisotopic (exact) mass is 407 g/mol. The Morgan fingerprint density at radius 1 is 1.10 bits per heavy atom. The summed E-state index contributed by atoms with van der Waals surface area (Å²) < 4.78 is 4.26. The lowest BCUT2D eigenvalue weighted by Gasteiger charge is -2.14. The minimum absolute atomic E-state index is 0.305. The lowest BCUT2D eigenvalue weighted by molar-refractivity contribution is 0.624. The first-order valence-electron chi connectivity index (χ1n) is 6.70. The quantitative estimate of drug-likeness (QED) is 0.577. The second-order valence-corrected chi connectivity index (χ2v) is 7.04. The third-order valence-electron chi connectivity index (χ3n) is 3.40. The molecule has 3 rings (SSSR count). The van der Waals surface area contributed by atoms with Gasteiger partial charge in [0.05, 0.1) is 11.0 Å². The topological polar surface area (TPSA) is 43.8 Å². The van der Waals surface area contributed by atoms with Gasteiger partial charge in [0.15, 0.2) is 0 Å². The number of anilines is 1. The highest BCUT2D eigenvalue weighted by molar-refractivity contribution is 9.10. The van der Waals surface area contributed by atoms with Crippen LogP contribution in [0.5, 0.6) is 0 Å². The highest BCUT2D eigenvalue weighted by Crippen LogP contribution is 2.34. The number of halogens is 2. The molecule has 0 atom stereocenters. The highest BCUT2D eigenvalue weighted by atomic mass is 79.9. The molecule has 0 unspecified atom stereocenters. The van der Waals surface area contributed by atoms with Crippen LogP contribution in [0.4, 0.5) is 5.69 Å². The molecule has 0 fully saturated rings. The van der Waals surface area contributed by atoms with E-state index in [2.05, 4.69) is 56.3 Å². The number of fused-ring (bicyclic) bond motifs is 1. The van der Waals surface area contributed by atoms with Crippen molar-refractivity contribution in [3.8, 4) is 11.4 Å². The molecule has 3 nitrogen and oxygen atoms in total. The summed E-state index contributed by atoms with van der Waals surface area (Å²) >= 11 is 7.11. The van der Waals surface area contributed by atoms with Crippen LogP contribution in [-0.2, 0) is 0 Å². The summed E-state index contributed by atoms with van der Waals surface area (Å²) in [7, 11) is 0. The van der Waals surface area contributed by atoms with Gasteiger partial charge in [-0.1, -0.05) is 31.9 Å². The molecule has 1 heterocycles. The van der Waals surface area contributed by atoms with Crippen molar-refractivity contribution in [3.05, 3.63) is 45.3 Å². The number of benzene rings is 2. The minimum Gasteiger partial charge on any atom is -0.399 e. The number of rotatable bonds is 2. The summed E-state index contributed by atoms with van der Waals surface area (Å²) in [5.41, 5.74) is 9.78. The maximum atomic E-state index is 5.94. The lowest BCUT2D eigenvalue weighted by Crippen LogP contribution is -2.03. The van der Waals surface area contributed by atoms with E-state index in [1.165, 1.54) is 0 Å². The fourth-order valence-electron chi connectivity index (χ4n) is 2.50. The first-order valence-corrected chi connectivity index (χ1v) is 8.29. The molecule has 2 aromatic carbocycles. The summed E-state index contributed by atoms with van der Waals surface area (Å²) in [6, 6.07) is 12.3. The van der Waals surface area contributed by atoms with Gasteiger partial charge in [-0.05, 0) is 50.2 Å². The number of imidazole rings is 1. The number of hydrogen-bond donors (Lipinski definition) is 1. The molecular weight excluding hydrogens is 394 g/mol. The summed E-state index contributed by atoms with van der Waals surface area (Å²) in [5, 5.41) is 0. The van der Waals surface area contributed by atoms with Crippen LogP contribution in [0, 0.1) is 0 Å². The maximum Gasteiger partial charge on any atom is 0.142 e. The molecule has 1 aromatic heterocycles. The van der Waals surface area contributed by atoms with E-state index in [1.54, 1.807) is 0 Å². The van der Waals surface area contributed by atoms with Gasteiger partial charge < -0.3 is 10.3 Å². The van der Waals surface area contributed by atoms with Crippen molar-refractivity contribution in [2.45, 2.75) is 19.9 Å². The van der Waals surface area contributed by atoms with Crippen LogP contribution in [0.25, 0.3) is 22.4 Å². The second-order valence-electron chi connectivity index (χ2n) is 5.27. The molecule has 0 saturated heterocycles. The van der Waals surface area contributed by atoms with Crippen molar-refractivity contribution in [3.63, 3.8) is 0 Å². The molecule has 0 saturated carbocycles. The zero-order chi connectivity index (χ0) is 15.1. The number of nitrogen functional groups attached to an aromatic ring is 1. The van der Waals surface area contributed by atoms with Crippen LogP contribution in [0.2, 0.25) is 0 Å². The Bertz CT molecular complexity index is 822. The van der Waals surface area contributed by atoms with E-state index >= 15 is 0 Å². The molecule has 2 N–H and O–H groups in total. The van der Waals surface area contributed by atoms with E-state index in [-0.39, 0.29) is 0 Å². The number of aromatic nitrogens is 2. The van der Waals surface area contributed by atoms with Gasteiger partial charge in [-0.15, -0.1) is 0 Å². The van der Waals surface area contributed by atoms with Gasteiger partial charge in [-0.2, -0.15) is 0 Å². The van der Waals surface area contributed by atoms with Crippen LogP contribution in [0.3, 0.4) is 0 Å². The summed E-state index contributed by atoms with van der Waals surface area (Å²) in [5.74, 6) is 0.928. The van der Waals surface area contributed by atoms with Crippen molar-refractivity contribution in [1.29, 1.82) is 0 Å². The third-order valence-corrected chi connectivity index (χ3v) is 4.58. The molecule has 5 heteroatoms. The van der Waals surface area contributed by atoms with Crippen LogP contribution in [-0.4, -0.2) is 9.55 Å². The van der Waals surface area contributed by atoms with E-state index in [0.717, 1.165) is 37.1 Å². The molecule has 0 aliphatic carbocycles. The molecule has 0 aliphatic rings. The minimum atomic E-state index is 0.305. The van der Waals surface area contributed by atoms with E-state index in [0.29, 0.717) is 6.04 Å². The summed E-state index contributed by atoms with van der Waals surface area (Å²) in [6.07, 6.45) is 0. The van der Waals surface area contributed by atoms with Gasteiger partial charge in [0.25, 0.3) is 0 Å². The van der Waals surface area contributed by atoms with Crippen molar-refractivity contribution < 1.29 is 0 Å². The SMILES string of the molecule is CC(C)n1c(-c2cc(N)ccc2Br)nc2cc(Br)ccc21. The van der Waals surface area contributed by atoms with E-state index in [4.69, 9.17) is 10.7 Å². The van der Waals surface area contributed by atoms with Crippen LogP contribution in [0.1, 0.15) is 19.9 Å². The molecule has 0 bridgehead atoms. The van der Waals surface area contributed by atoms with E-state index in [9.17, 15) is 0 Å². The zero-order valence-electron chi connectivity index (χ0n) is 11.8. The fourth-order valence-corrected chi connectivity index (χ4v) is 3.27. The Balaban J connectivity index is 2.36. The predicted octanol–water partition coefficient (Wildman–Crippen LogP) is 5.39. The Morgan fingerprint density at radius 3 is 2.57 bits per heavy atom. The average Bonchev–Trinajstić information content (AvgIpc) is 2.79. The molecule has 0 aliphatic heterocycles. The Kier molecular flexibility index (Phi) is 3.80. The van der Waals surface area contributed by atoms with Crippen LogP contribution >= 0.6 is 31.9 Å². The van der Waals surface area contributed by atoms with E-state index in [1.807, 2.05) is 30.3 Å². The highest BCUT2D eigenvalue weighted by Gasteiger charge is 2.17. The van der Waals surface area contributed by atoms with Crippen molar-refractivity contribution in [1.82, 2.24) is 9.55 Å². The van der Waals surface area contributed by atoms with Crippen molar-refractivity contribution in [2.24, 2.45) is 0 Å². The number of hydrogen-bond acceptors (Lipinski definition) is 2. The van der Waals surface area contributed by atoms with Gasteiger partial charge in [0.2, 0.25) is 0 Å². The Hall–Kier alpha value is -1.33. The largest absolute Gasteiger partial charge is 0.399 e. The second kappa shape index (κ2) is 5.46.